The largest absolute Gasteiger partial charge is 0.305 e. The molecule has 2 heteroatoms. The Labute approximate surface area is 72.8 Å². The highest BCUT2D eigenvalue weighted by atomic mass is 32.2. The number of rotatable bonds is 3. The van der Waals surface area contributed by atoms with Crippen molar-refractivity contribution in [3.63, 3.8) is 0 Å². The number of hydrogen-bond acceptors (Lipinski definition) is 2. The Bertz CT molecular complexity index is 172. The van der Waals surface area contributed by atoms with Crippen molar-refractivity contribution in [1.29, 1.82) is 5.41 Å². The molecule has 0 unspecified atom stereocenters. The Balaban J connectivity index is 2.44. The third-order valence-electron chi connectivity index (χ3n) is 1.85. The Morgan fingerprint density at radius 1 is 1.73 bits per heavy atom. The fourth-order valence-electron chi connectivity index (χ4n) is 1.21. The van der Waals surface area contributed by atoms with Gasteiger partial charge in [-0.15, -0.1) is 0 Å². The molecule has 0 bridgehead atoms. The summed E-state index contributed by atoms with van der Waals surface area (Å²) in [6.45, 7) is 2.13. The van der Waals surface area contributed by atoms with E-state index in [1.54, 1.807) is 0 Å². The van der Waals surface area contributed by atoms with Crippen LogP contribution in [0.5, 0.6) is 0 Å². The molecule has 0 atom stereocenters. The van der Waals surface area contributed by atoms with Crippen molar-refractivity contribution in [3.05, 3.63) is 11.6 Å². The molecule has 0 saturated heterocycles. The maximum absolute atomic E-state index is 7.71. The SMILES string of the molecule is CCCC(=N)C1=CCSCC1. The second kappa shape index (κ2) is 4.60. The molecule has 1 aliphatic rings. The molecule has 0 fully saturated rings. The molecule has 1 heterocycles. The predicted octanol–water partition coefficient (Wildman–Crippen LogP) is 2.87. The second-order valence-corrected chi connectivity index (χ2v) is 3.93. The molecule has 1 N–H and O–H groups in total. The van der Waals surface area contributed by atoms with Crippen molar-refractivity contribution >= 4 is 17.5 Å². The highest BCUT2D eigenvalue weighted by molar-refractivity contribution is 7.99. The molecule has 0 aliphatic carbocycles. The highest BCUT2D eigenvalue weighted by Crippen LogP contribution is 2.18. The van der Waals surface area contributed by atoms with E-state index in [1.165, 1.54) is 11.3 Å². The van der Waals surface area contributed by atoms with Crippen molar-refractivity contribution in [2.75, 3.05) is 11.5 Å². The van der Waals surface area contributed by atoms with Crippen LogP contribution in [0.3, 0.4) is 0 Å². The maximum atomic E-state index is 7.71. The van der Waals surface area contributed by atoms with E-state index in [9.17, 15) is 0 Å². The summed E-state index contributed by atoms with van der Waals surface area (Å²) in [6, 6.07) is 0. The summed E-state index contributed by atoms with van der Waals surface area (Å²) >= 11 is 1.96. The van der Waals surface area contributed by atoms with E-state index in [2.05, 4.69) is 13.0 Å². The Morgan fingerprint density at radius 2 is 2.55 bits per heavy atom. The monoisotopic (exact) mass is 169 g/mol. The van der Waals surface area contributed by atoms with Gasteiger partial charge in [0.25, 0.3) is 0 Å². The molecule has 11 heavy (non-hydrogen) atoms. The van der Waals surface area contributed by atoms with E-state index in [1.807, 2.05) is 11.8 Å². The summed E-state index contributed by atoms with van der Waals surface area (Å²) in [4.78, 5) is 0. The molecule has 0 aromatic carbocycles. The van der Waals surface area contributed by atoms with Gasteiger partial charge in [0.2, 0.25) is 0 Å². The lowest BCUT2D eigenvalue weighted by atomic mass is 10.0. The summed E-state index contributed by atoms with van der Waals surface area (Å²) < 4.78 is 0. The van der Waals surface area contributed by atoms with E-state index in [4.69, 9.17) is 5.41 Å². The lowest BCUT2D eigenvalue weighted by Gasteiger charge is -2.12. The van der Waals surface area contributed by atoms with Crippen LogP contribution in [0.25, 0.3) is 0 Å². The van der Waals surface area contributed by atoms with Gasteiger partial charge in [-0.1, -0.05) is 19.4 Å². The molecule has 1 nitrogen and oxygen atoms in total. The highest BCUT2D eigenvalue weighted by Gasteiger charge is 2.07. The quantitative estimate of drug-likeness (QED) is 0.645. The van der Waals surface area contributed by atoms with Gasteiger partial charge in [-0.2, -0.15) is 11.8 Å². The number of thioether (sulfide) groups is 1. The van der Waals surface area contributed by atoms with Gasteiger partial charge in [-0.05, 0) is 24.2 Å². The molecule has 0 saturated carbocycles. The van der Waals surface area contributed by atoms with Crippen molar-refractivity contribution in [1.82, 2.24) is 0 Å². The third kappa shape index (κ3) is 2.70. The van der Waals surface area contributed by atoms with Crippen LogP contribution in [-0.4, -0.2) is 17.2 Å². The molecule has 1 rings (SSSR count). The maximum Gasteiger partial charge on any atom is 0.0343 e. The van der Waals surface area contributed by atoms with Gasteiger partial charge in [0.1, 0.15) is 0 Å². The van der Waals surface area contributed by atoms with Crippen LogP contribution >= 0.6 is 11.8 Å². The van der Waals surface area contributed by atoms with Gasteiger partial charge in [0, 0.05) is 11.5 Å². The van der Waals surface area contributed by atoms with Gasteiger partial charge in [0.15, 0.2) is 0 Å². The van der Waals surface area contributed by atoms with Gasteiger partial charge in [-0.3, -0.25) is 0 Å². The zero-order valence-corrected chi connectivity index (χ0v) is 7.84. The minimum atomic E-state index is 0.868. The zero-order chi connectivity index (χ0) is 8.10. The summed E-state index contributed by atoms with van der Waals surface area (Å²) in [5.74, 6) is 2.32. The first kappa shape index (κ1) is 8.85. The van der Waals surface area contributed by atoms with E-state index < -0.39 is 0 Å². The molecule has 0 aromatic heterocycles. The van der Waals surface area contributed by atoms with Crippen LogP contribution in [0, 0.1) is 5.41 Å². The normalized spacial score (nSPS) is 17.7. The van der Waals surface area contributed by atoms with Crippen LogP contribution in [-0.2, 0) is 0 Å². The van der Waals surface area contributed by atoms with Gasteiger partial charge >= 0.3 is 0 Å². The van der Waals surface area contributed by atoms with Crippen molar-refractivity contribution in [2.24, 2.45) is 0 Å². The van der Waals surface area contributed by atoms with Crippen molar-refractivity contribution in [2.45, 2.75) is 26.2 Å². The number of hydrogen-bond donors (Lipinski definition) is 1. The summed E-state index contributed by atoms with van der Waals surface area (Å²) in [5.41, 5.74) is 2.17. The van der Waals surface area contributed by atoms with Crippen LogP contribution in [0.2, 0.25) is 0 Å². The molecule has 1 aliphatic heterocycles. The summed E-state index contributed by atoms with van der Waals surface area (Å²) in [5, 5.41) is 7.71. The Hall–Kier alpha value is -0.240. The van der Waals surface area contributed by atoms with Crippen LogP contribution in [0.15, 0.2) is 11.6 Å². The average Bonchev–Trinajstić information content (AvgIpc) is 2.07. The average molecular weight is 169 g/mol. The minimum absolute atomic E-state index is 0.868. The Morgan fingerprint density at radius 3 is 3.09 bits per heavy atom. The number of allylic oxidation sites excluding steroid dienone is 1. The molecule has 0 amide bonds. The lowest BCUT2D eigenvalue weighted by Crippen LogP contribution is -2.06. The van der Waals surface area contributed by atoms with Crippen LogP contribution < -0.4 is 0 Å². The smallest absolute Gasteiger partial charge is 0.0343 e. The summed E-state index contributed by atoms with van der Waals surface area (Å²) in [6.07, 6.45) is 5.38. The molecule has 62 valence electrons. The van der Waals surface area contributed by atoms with E-state index in [0.717, 1.165) is 30.7 Å². The molecule has 0 aromatic rings. The predicted molar refractivity (Wildman–Crippen MR) is 52.7 cm³/mol. The Kier molecular flexibility index (Phi) is 3.70. The van der Waals surface area contributed by atoms with E-state index >= 15 is 0 Å². The van der Waals surface area contributed by atoms with E-state index in [0.29, 0.717) is 0 Å². The molecule has 0 spiro atoms. The third-order valence-corrected chi connectivity index (χ3v) is 2.75. The van der Waals surface area contributed by atoms with Crippen molar-refractivity contribution in [3.8, 4) is 0 Å². The molecular formula is C9H15NS. The van der Waals surface area contributed by atoms with E-state index in [-0.39, 0.29) is 0 Å². The van der Waals surface area contributed by atoms with Crippen LogP contribution in [0.1, 0.15) is 26.2 Å². The first-order valence-corrected chi connectivity index (χ1v) is 5.34. The van der Waals surface area contributed by atoms with Gasteiger partial charge < -0.3 is 5.41 Å². The first-order chi connectivity index (χ1) is 5.34. The number of nitrogens with one attached hydrogen (secondary N) is 1. The van der Waals surface area contributed by atoms with Crippen molar-refractivity contribution < 1.29 is 0 Å². The fourth-order valence-corrected chi connectivity index (χ4v) is 2.06. The van der Waals surface area contributed by atoms with Crippen LogP contribution in [0.4, 0.5) is 0 Å². The lowest BCUT2D eigenvalue weighted by molar-refractivity contribution is 0.971. The standard InChI is InChI=1S/C9H15NS/c1-2-3-9(10)8-4-6-11-7-5-8/h4,10H,2-3,5-7H2,1H3. The first-order valence-electron chi connectivity index (χ1n) is 4.19. The van der Waals surface area contributed by atoms with Gasteiger partial charge in [-0.25, -0.2) is 0 Å². The topological polar surface area (TPSA) is 23.9 Å². The molecular weight excluding hydrogens is 154 g/mol. The zero-order valence-electron chi connectivity index (χ0n) is 7.02. The molecule has 0 radical (unpaired) electrons. The van der Waals surface area contributed by atoms with Gasteiger partial charge in [0.05, 0.1) is 0 Å². The second-order valence-electron chi connectivity index (χ2n) is 2.78. The minimum Gasteiger partial charge on any atom is -0.305 e. The fraction of sp³-hybridized carbons (Fsp3) is 0.667. The summed E-state index contributed by atoms with van der Waals surface area (Å²) in [7, 11) is 0.